The van der Waals surface area contributed by atoms with Crippen molar-refractivity contribution in [3.63, 3.8) is 0 Å². The van der Waals surface area contributed by atoms with E-state index in [9.17, 15) is 5.11 Å². The molecule has 2 atom stereocenters. The van der Waals surface area contributed by atoms with Crippen LogP contribution in [0.5, 0.6) is 0 Å². The van der Waals surface area contributed by atoms with Gasteiger partial charge >= 0.3 is 0 Å². The van der Waals surface area contributed by atoms with Crippen LogP contribution < -0.4 is 0 Å². The Morgan fingerprint density at radius 1 is 1.42 bits per heavy atom. The summed E-state index contributed by atoms with van der Waals surface area (Å²) in [5.41, 5.74) is 4.24. The van der Waals surface area contributed by atoms with Crippen LogP contribution in [0.2, 0.25) is 5.02 Å². The summed E-state index contributed by atoms with van der Waals surface area (Å²) in [7, 11) is 4.12. The van der Waals surface area contributed by atoms with Gasteiger partial charge in [-0.25, -0.2) is 0 Å². The molecule has 1 aromatic carbocycles. The molecule has 0 amide bonds. The summed E-state index contributed by atoms with van der Waals surface area (Å²) >= 11 is 6.31. The first kappa shape index (κ1) is 17.7. The molecule has 2 unspecified atom stereocenters. The van der Waals surface area contributed by atoms with Crippen molar-refractivity contribution in [1.82, 2.24) is 9.88 Å². The Morgan fingerprint density at radius 2 is 2.17 bits per heavy atom. The van der Waals surface area contributed by atoms with Crippen molar-refractivity contribution < 1.29 is 9.84 Å². The molecule has 0 aliphatic carbocycles. The van der Waals surface area contributed by atoms with Crippen LogP contribution in [0.1, 0.15) is 30.2 Å². The van der Waals surface area contributed by atoms with Gasteiger partial charge in [0.05, 0.1) is 17.8 Å². The van der Waals surface area contributed by atoms with Gasteiger partial charge in [0, 0.05) is 29.5 Å². The molecule has 0 fully saturated rings. The maximum Gasteiger partial charge on any atom is 0.109 e. The van der Waals surface area contributed by atoms with E-state index in [1.54, 1.807) is 0 Å². The second-order valence-electron chi connectivity index (χ2n) is 7.25. The number of aryl methyl sites for hydroxylation is 1. The van der Waals surface area contributed by atoms with Gasteiger partial charge < -0.3 is 19.7 Å². The van der Waals surface area contributed by atoms with Crippen molar-refractivity contribution in [2.75, 3.05) is 33.9 Å². The number of benzene rings is 1. The van der Waals surface area contributed by atoms with Crippen LogP contribution in [0.3, 0.4) is 0 Å². The Labute approximate surface area is 148 Å². The van der Waals surface area contributed by atoms with Crippen molar-refractivity contribution in [3.8, 4) is 0 Å². The van der Waals surface area contributed by atoms with Gasteiger partial charge in [-0.1, -0.05) is 17.7 Å². The number of ether oxygens (including phenoxy) is 1. The van der Waals surface area contributed by atoms with E-state index in [-0.39, 0.29) is 12.5 Å². The van der Waals surface area contributed by atoms with Crippen molar-refractivity contribution in [2.45, 2.75) is 32.3 Å². The molecule has 1 aromatic heterocycles. The normalized spacial score (nSPS) is 22.1. The molecule has 132 valence electrons. The second kappa shape index (κ2) is 6.68. The van der Waals surface area contributed by atoms with E-state index in [2.05, 4.69) is 43.9 Å². The number of hydrogen-bond donors (Lipinski definition) is 2. The van der Waals surface area contributed by atoms with Crippen LogP contribution >= 0.6 is 11.6 Å². The number of aromatic amines is 1. The number of halogens is 1. The van der Waals surface area contributed by atoms with Gasteiger partial charge in [-0.3, -0.25) is 0 Å². The number of aliphatic hydroxyl groups is 1. The number of H-pyrrole nitrogens is 1. The lowest BCUT2D eigenvalue weighted by Crippen LogP contribution is -2.44. The lowest BCUT2D eigenvalue weighted by atomic mass is 9.80. The Kier molecular flexibility index (Phi) is 4.94. The molecule has 0 radical (unpaired) electrons. The predicted molar refractivity (Wildman–Crippen MR) is 98.8 cm³/mol. The number of hydrogen-bond acceptors (Lipinski definition) is 3. The van der Waals surface area contributed by atoms with Gasteiger partial charge in [0.15, 0.2) is 0 Å². The maximum absolute atomic E-state index is 9.56. The van der Waals surface area contributed by atoms with Crippen molar-refractivity contribution >= 4 is 22.5 Å². The first-order valence-corrected chi connectivity index (χ1v) is 8.96. The molecule has 2 aromatic rings. The van der Waals surface area contributed by atoms with Gasteiger partial charge in [0.25, 0.3) is 0 Å². The van der Waals surface area contributed by atoms with Gasteiger partial charge in [0.1, 0.15) is 5.60 Å². The molecule has 5 heteroatoms. The lowest BCUT2D eigenvalue weighted by molar-refractivity contribution is -0.101. The number of fused-ring (bicyclic) bond motifs is 3. The summed E-state index contributed by atoms with van der Waals surface area (Å²) in [6.45, 7) is 5.94. The Hall–Kier alpha value is -1.07. The van der Waals surface area contributed by atoms with E-state index in [1.165, 1.54) is 10.9 Å². The molecule has 0 bridgehead atoms. The highest BCUT2D eigenvalue weighted by molar-refractivity contribution is 6.32. The largest absolute Gasteiger partial charge is 0.396 e. The summed E-state index contributed by atoms with van der Waals surface area (Å²) in [6.07, 6.45) is 1.61. The third kappa shape index (κ3) is 2.86. The van der Waals surface area contributed by atoms with Crippen LogP contribution in [-0.2, 0) is 16.8 Å². The SMILES string of the molecule is Cc1c(Cl)ccc2c3c([nH]c12)C(C)(C(CCO)CN(C)C)OCC3. The number of nitrogens with zero attached hydrogens (tertiary/aromatic N) is 1. The number of aliphatic hydroxyl groups excluding tert-OH is 1. The third-order valence-electron chi connectivity index (χ3n) is 5.37. The van der Waals surface area contributed by atoms with E-state index >= 15 is 0 Å². The highest BCUT2D eigenvalue weighted by Crippen LogP contribution is 2.43. The number of aromatic nitrogens is 1. The quantitative estimate of drug-likeness (QED) is 0.868. The van der Waals surface area contributed by atoms with E-state index in [0.717, 1.165) is 34.8 Å². The molecule has 1 aliphatic heterocycles. The first-order valence-electron chi connectivity index (χ1n) is 8.58. The highest BCUT2D eigenvalue weighted by atomic mass is 35.5. The molecule has 0 saturated heterocycles. The molecule has 4 nitrogen and oxygen atoms in total. The van der Waals surface area contributed by atoms with Gasteiger partial charge in [-0.15, -0.1) is 0 Å². The van der Waals surface area contributed by atoms with Crippen molar-refractivity contribution in [1.29, 1.82) is 0 Å². The fourth-order valence-electron chi connectivity index (χ4n) is 4.01. The highest BCUT2D eigenvalue weighted by Gasteiger charge is 2.42. The summed E-state index contributed by atoms with van der Waals surface area (Å²) in [5.74, 6) is 0.209. The molecular formula is C19H27ClN2O2. The van der Waals surface area contributed by atoms with Crippen LogP contribution in [0.4, 0.5) is 0 Å². The van der Waals surface area contributed by atoms with E-state index in [0.29, 0.717) is 13.0 Å². The Balaban J connectivity index is 2.14. The zero-order valence-electron chi connectivity index (χ0n) is 14.9. The Bertz CT molecular complexity index is 741. The molecule has 1 aliphatic rings. The standard InChI is InChI=1S/C19H27ClN2O2/c1-12-16(20)6-5-14-15-8-10-24-19(2,18(15)21-17(12)14)13(7-9-23)11-22(3)4/h5-6,13,21,23H,7-11H2,1-4H3. The fraction of sp³-hybridized carbons (Fsp3) is 0.579. The first-order chi connectivity index (χ1) is 11.4. The zero-order chi connectivity index (χ0) is 17.5. The minimum atomic E-state index is -0.432. The molecule has 0 spiro atoms. The van der Waals surface area contributed by atoms with E-state index in [4.69, 9.17) is 16.3 Å². The van der Waals surface area contributed by atoms with Crippen LogP contribution in [0.15, 0.2) is 12.1 Å². The predicted octanol–water partition coefficient (Wildman–Crippen LogP) is 3.48. The molecular weight excluding hydrogens is 324 g/mol. The van der Waals surface area contributed by atoms with Gasteiger partial charge in [-0.2, -0.15) is 0 Å². The smallest absolute Gasteiger partial charge is 0.109 e. The fourth-order valence-corrected chi connectivity index (χ4v) is 4.17. The average molecular weight is 351 g/mol. The van der Waals surface area contributed by atoms with Gasteiger partial charge in [-0.05, 0) is 58.0 Å². The minimum absolute atomic E-state index is 0.165. The van der Waals surface area contributed by atoms with E-state index < -0.39 is 5.60 Å². The minimum Gasteiger partial charge on any atom is -0.396 e. The van der Waals surface area contributed by atoms with E-state index in [1.807, 2.05) is 6.07 Å². The van der Waals surface area contributed by atoms with Crippen LogP contribution in [0.25, 0.3) is 10.9 Å². The summed E-state index contributed by atoms with van der Waals surface area (Å²) < 4.78 is 6.31. The van der Waals surface area contributed by atoms with Gasteiger partial charge in [0.2, 0.25) is 0 Å². The summed E-state index contributed by atoms with van der Waals surface area (Å²) in [4.78, 5) is 5.78. The Morgan fingerprint density at radius 3 is 2.83 bits per heavy atom. The van der Waals surface area contributed by atoms with Crippen LogP contribution in [0, 0.1) is 12.8 Å². The monoisotopic (exact) mass is 350 g/mol. The second-order valence-corrected chi connectivity index (χ2v) is 7.66. The average Bonchev–Trinajstić information content (AvgIpc) is 2.91. The van der Waals surface area contributed by atoms with Crippen LogP contribution in [-0.4, -0.2) is 48.8 Å². The molecule has 2 heterocycles. The number of rotatable bonds is 5. The number of nitrogens with one attached hydrogen (secondary N) is 1. The third-order valence-corrected chi connectivity index (χ3v) is 5.78. The maximum atomic E-state index is 9.56. The van der Waals surface area contributed by atoms with Crippen molar-refractivity contribution in [3.05, 3.63) is 34.0 Å². The zero-order valence-corrected chi connectivity index (χ0v) is 15.7. The molecule has 0 saturated carbocycles. The lowest BCUT2D eigenvalue weighted by Gasteiger charge is -2.41. The van der Waals surface area contributed by atoms with Crippen molar-refractivity contribution in [2.24, 2.45) is 5.92 Å². The molecule has 2 N–H and O–H groups in total. The molecule has 3 rings (SSSR count). The molecule has 24 heavy (non-hydrogen) atoms. The summed E-state index contributed by atoms with van der Waals surface area (Å²) in [6, 6.07) is 4.09. The topological polar surface area (TPSA) is 48.5 Å². The summed E-state index contributed by atoms with van der Waals surface area (Å²) in [5, 5.41) is 11.6.